The van der Waals surface area contributed by atoms with Crippen molar-refractivity contribution < 1.29 is 9.53 Å². The van der Waals surface area contributed by atoms with Crippen LogP contribution in [0.25, 0.3) is 10.6 Å². The van der Waals surface area contributed by atoms with Crippen LogP contribution in [-0.4, -0.2) is 31.1 Å². The summed E-state index contributed by atoms with van der Waals surface area (Å²) in [5.41, 5.74) is 2.86. The summed E-state index contributed by atoms with van der Waals surface area (Å²) < 4.78 is 5.43. The van der Waals surface area contributed by atoms with Gasteiger partial charge in [0.15, 0.2) is 0 Å². The molecule has 6 heteroatoms. The number of carbonyl (C=O) groups is 1. The van der Waals surface area contributed by atoms with E-state index in [1.165, 1.54) is 6.42 Å². The molecule has 3 aromatic rings. The van der Waals surface area contributed by atoms with Crippen LogP contribution < -0.4 is 15.4 Å². The van der Waals surface area contributed by atoms with Crippen LogP contribution in [0.3, 0.4) is 0 Å². The summed E-state index contributed by atoms with van der Waals surface area (Å²) in [6.45, 7) is 2.56. The van der Waals surface area contributed by atoms with E-state index in [0.29, 0.717) is 12.5 Å². The molecule has 1 aliphatic heterocycles. The number of thiazole rings is 1. The van der Waals surface area contributed by atoms with Crippen molar-refractivity contribution in [2.45, 2.75) is 19.4 Å². The number of methoxy groups -OCH3 is 1. The molecule has 1 aromatic heterocycles. The summed E-state index contributed by atoms with van der Waals surface area (Å²) in [4.78, 5) is 18.4. The summed E-state index contributed by atoms with van der Waals surface area (Å²) in [5, 5.41) is 7.35. The number of nitrogens with zero attached hydrogens (tertiary/aromatic N) is 1. The molecule has 1 unspecified atom stereocenters. The van der Waals surface area contributed by atoms with Gasteiger partial charge in [0.05, 0.1) is 19.2 Å². The molecular weight excluding hydrogens is 382 g/mol. The number of carbonyl (C=O) groups excluding carboxylic acids is 1. The van der Waals surface area contributed by atoms with Crippen LogP contribution in [0.15, 0.2) is 54.7 Å². The number of rotatable bonds is 7. The first kappa shape index (κ1) is 19.6. The van der Waals surface area contributed by atoms with E-state index >= 15 is 0 Å². The average Bonchev–Trinajstić information content (AvgIpc) is 3.44. The van der Waals surface area contributed by atoms with E-state index in [4.69, 9.17) is 4.74 Å². The highest BCUT2D eigenvalue weighted by molar-refractivity contribution is 7.15. The maximum atomic E-state index is 12.8. The van der Waals surface area contributed by atoms with Crippen LogP contribution in [0.4, 0.5) is 0 Å². The first-order valence-corrected chi connectivity index (χ1v) is 10.7. The second kappa shape index (κ2) is 9.20. The number of aromatic nitrogens is 1. The van der Waals surface area contributed by atoms with Crippen molar-refractivity contribution in [3.05, 3.63) is 70.7 Å². The summed E-state index contributed by atoms with van der Waals surface area (Å²) in [5.74, 6) is 1.38. The molecule has 0 radical (unpaired) electrons. The second-order valence-electron chi connectivity index (χ2n) is 7.23. The number of ether oxygens (including phenoxy) is 1. The van der Waals surface area contributed by atoms with Gasteiger partial charge in [0, 0.05) is 16.6 Å². The molecule has 0 aliphatic carbocycles. The minimum Gasteiger partial charge on any atom is -0.496 e. The maximum absolute atomic E-state index is 12.8. The SMILES string of the molecule is COc1ccccc1-c1ncc(CNC(=O)c2ccccc2CC2CCNC2)s1. The minimum atomic E-state index is -0.0289. The predicted molar refractivity (Wildman–Crippen MR) is 116 cm³/mol. The largest absolute Gasteiger partial charge is 0.496 e. The summed E-state index contributed by atoms with van der Waals surface area (Å²) in [6, 6.07) is 15.8. The standard InChI is InChI=1S/C23H25N3O2S/c1-28-21-9-5-4-8-20(21)23-26-15-18(29-23)14-25-22(27)19-7-3-2-6-17(19)12-16-10-11-24-13-16/h2-9,15-16,24H,10-14H2,1H3,(H,25,27). The fraction of sp³-hybridized carbons (Fsp3) is 0.304. The molecular formula is C23H25N3O2S. The molecule has 1 aliphatic rings. The van der Waals surface area contributed by atoms with Crippen LogP contribution in [0.5, 0.6) is 5.75 Å². The van der Waals surface area contributed by atoms with E-state index in [9.17, 15) is 4.79 Å². The monoisotopic (exact) mass is 407 g/mol. The zero-order valence-corrected chi connectivity index (χ0v) is 17.3. The molecule has 29 heavy (non-hydrogen) atoms. The van der Waals surface area contributed by atoms with Crippen LogP contribution >= 0.6 is 11.3 Å². The maximum Gasteiger partial charge on any atom is 0.251 e. The van der Waals surface area contributed by atoms with Crippen molar-refractivity contribution >= 4 is 17.2 Å². The number of amides is 1. The molecule has 5 nitrogen and oxygen atoms in total. The number of hydrogen-bond donors (Lipinski definition) is 2. The van der Waals surface area contributed by atoms with Gasteiger partial charge in [0.2, 0.25) is 0 Å². The Morgan fingerprint density at radius 1 is 1.24 bits per heavy atom. The summed E-state index contributed by atoms with van der Waals surface area (Å²) in [7, 11) is 1.66. The van der Waals surface area contributed by atoms with Gasteiger partial charge in [-0.25, -0.2) is 4.98 Å². The molecule has 0 saturated carbocycles. The van der Waals surface area contributed by atoms with Gasteiger partial charge in [0.1, 0.15) is 10.8 Å². The van der Waals surface area contributed by atoms with Crippen LogP contribution in [0.1, 0.15) is 27.2 Å². The molecule has 1 atom stereocenters. The molecule has 2 aromatic carbocycles. The Morgan fingerprint density at radius 2 is 2.07 bits per heavy atom. The Labute approximate surface area is 175 Å². The lowest BCUT2D eigenvalue weighted by atomic mass is 9.94. The van der Waals surface area contributed by atoms with Crippen molar-refractivity contribution in [1.29, 1.82) is 0 Å². The second-order valence-corrected chi connectivity index (χ2v) is 8.35. The zero-order valence-electron chi connectivity index (χ0n) is 16.5. The normalized spacial score (nSPS) is 16.0. The zero-order chi connectivity index (χ0) is 20.1. The van der Waals surface area contributed by atoms with Gasteiger partial charge in [-0.15, -0.1) is 11.3 Å². The van der Waals surface area contributed by atoms with Gasteiger partial charge in [-0.3, -0.25) is 4.79 Å². The lowest BCUT2D eigenvalue weighted by Crippen LogP contribution is -2.24. The molecule has 1 saturated heterocycles. The number of hydrogen-bond acceptors (Lipinski definition) is 5. The highest BCUT2D eigenvalue weighted by Crippen LogP contribution is 2.32. The van der Waals surface area contributed by atoms with Crippen molar-refractivity contribution in [2.75, 3.05) is 20.2 Å². The van der Waals surface area contributed by atoms with Crippen molar-refractivity contribution in [3.8, 4) is 16.3 Å². The predicted octanol–water partition coefficient (Wildman–Crippen LogP) is 3.90. The van der Waals surface area contributed by atoms with Gasteiger partial charge in [-0.05, 0) is 55.6 Å². The highest BCUT2D eigenvalue weighted by atomic mass is 32.1. The third-order valence-electron chi connectivity index (χ3n) is 5.25. The van der Waals surface area contributed by atoms with Gasteiger partial charge in [0.25, 0.3) is 5.91 Å². The Bertz CT molecular complexity index is 980. The molecule has 1 amide bonds. The Kier molecular flexibility index (Phi) is 6.22. The van der Waals surface area contributed by atoms with Crippen LogP contribution in [0.2, 0.25) is 0 Å². The first-order chi connectivity index (χ1) is 14.2. The minimum absolute atomic E-state index is 0.0289. The fourth-order valence-corrected chi connectivity index (χ4v) is 4.60. The Balaban J connectivity index is 1.42. The first-order valence-electron chi connectivity index (χ1n) is 9.89. The Hall–Kier alpha value is -2.70. The molecule has 4 rings (SSSR count). The van der Waals surface area contributed by atoms with E-state index in [0.717, 1.165) is 51.8 Å². The molecule has 2 heterocycles. The van der Waals surface area contributed by atoms with Gasteiger partial charge in [-0.1, -0.05) is 30.3 Å². The van der Waals surface area contributed by atoms with Crippen molar-refractivity contribution in [2.24, 2.45) is 5.92 Å². The number of benzene rings is 2. The fourth-order valence-electron chi connectivity index (χ4n) is 3.72. The third kappa shape index (κ3) is 4.66. The number of nitrogens with one attached hydrogen (secondary N) is 2. The molecule has 1 fully saturated rings. The lowest BCUT2D eigenvalue weighted by molar-refractivity contribution is 0.0950. The Morgan fingerprint density at radius 3 is 2.90 bits per heavy atom. The molecule has 0 bridgehead atoms. The van der Waals surface area contributed by atoms with E-state index in [1.807, 2.05) is 48.7 Å². The quantitative estimate of drug-likeness (QED) is 0.624. The van der Waals surface area contributed by atoms with E-state index < -0.39 is 0 Å². The van der Waals surface area contributed by atoms with E-state index in [-0.39, 0.29) is 5.91 Å². The van der Waals surface area contributed by atoms with Crippen LogP contribution in [-0.2, 0) is 13.0 Å². The number of para-hydroxylation sites is 1. The topological polar surface area (TPSA) is 63.2 Å². The van der Waals surface area contributed by atoms with Crippen molar-refractivity contribution in [3.63, 3.8) is 0 Å². The van der Waals surface area contributed by atoms with Crippen molar-refractivity contribution in [1.82, 2.24) is 15.6 Å². The third-order valence-corrected chi connectivity index (χ3v) is 6.28. The van der Waals surface area contributed by atoms with E-state index in [1.54, 1.807) is 18.4 Å². The molecule has 150 valence electrons. The molecule has 0 spiro atoms. The molecule has 2 N–H and O–H groups in total. The highest BCUT2D eigenvalue weighted by Gasteiger charge is 2.19. The average molecular weight is 408 g/mol. The summed E-state index contributed by atoms with van der Waals surface area (Å²) in [6.07, 6.45) is 3.93. The smallest absolute Gasteiger partial charge is 0.251 e. The summed E-state index contributed by atoms with van der Waals surface area (Å²) >= 11 is 1.57. The van der Waals surface area contributed by atoms with Gasteiger partial charge < -0.3 is 15.4 Å². The lowest BCUT2D eigenvalue weighted by Gasteiger charge is -2.13. The van der Waals surface area contributed by atoms with E-state index in [2.05, 4.69) is 21.7 Å². The van der Waals surface area contributed by atoms with Crippen LogP contribution in [0, 0.1) is 5.92 Å². The van der Waals surface area contributed by atoms with Gasteiger partial charge >= 0.3 is 0 Å². The van der Waals surface area contributed by atoms with Gasteiger partial charge in [-0.2, -0.15) is 0 Å².